The standard InChI is InChI=1S/C10H8I2O5/c1-16-8-6(11)2-5(3-7(8)12)4-17-10(15)9(13)14/h2-3H,4H2,1H3,(H,13,14). The maximum atomic E-state index is 10.8. The first kappa shape index (κ1) is 14.5. The maximum absolute atomic E-state index is 10.8. The highest BCUT2D eigenvalue weighted by atomic mass is 127. The normalized spacial score (nSPS) is 9.82. The van der Waals surface area contributed by atoms with Crippen molar-refractivity contribution in [2.75, 3.05) is 7.11 Å². The molecular weight excluding hydrogens is 454 g/mol. The van der Waals surface area contributed by atoms with Crippen LogP contribution < -0.4 is 4.74 Å². The number of aliphatic carboxylic acids is 1. The van der Waals surface area contributed by atoms with Gasteiger partial charge in [-0.2, -0.15) is 0 Å². The fraction of sp³-hybridized carbons (Fsp3) is 0.200. The van der Waals surface area contributed by atoms with Crippen LogP contribution in [-0.4, -0.2) is 24.2 Å². The minimum atomic E-state index is -1.59. The van der Waals surface area contributed by atoms with Gasteiger partial charge in [-0.3, -0.25) is 0 Å². The molecular formula is C10H8I2O5. The molecule has 0 radical (unpaired) electrons. The van der Waals surface area contributed by atoms with Gasteiger partial charge in [0.2, 0.25) is 0 Å². The van der Waals surface area contributed by atoms with Crippen molar-refractivity contribution in [2.24, 2.45) is 0 Å². The van der Waals surface area contributed by atoms with Crippen LogP contribution in [0, 0.1) is 7.14 Å². The fourth-order valence-corrected chi connectivity index (χ4v) is 3.44. The Morgan fingerprint density at radius 1 is 1.29 bits per heavy atom. The van der Waals surface area contributed by atoms with Crippen LogP contribution in [0.1, 0.15) is 5.56 Å². The Kier molecular flexibility index (Phi) is 5.43. The van der Waals surface area contributed by atoms with E-state index in [-0.39, 0.29) is 6.61 Å². The number of halogens is 2. The molecule has 0 unspecified atom stereocenters. The zero-order valence-electron chi connectivity index (χ0n) is 8.70. The van der Waals surface area contributed by atoms with Crippen molar-refractivity contribution in [3.05, 3.63) is 24.8 Å². The number of rotatable bonds is 3. The van der Waals surface area contributed by atoms with Crippen molar-refractivity contribution in [2.45, 2.75) is 6.61 Å². The summed E-state index contributed by atoms with van der Waals surface area (Å²) in [5.74, 6) is -2.10. The van der Waals surface area contributed by atoms with Crippen molar-refractivity contribution in [1.82, 2.24) is 0 Å². The minimum Gasteiger partial charge on any atom is -0.495 e. The number of methoxy groups -OCH3 is 1. The molecule has 92 valence electrons. The van der Waals surface area contributed by atoms with E-state index in [0.29, 0.717) is 5.56 Å². The van der Waals surface area contributed by atoms with Gasteiger partial charge in [0, 0.05) is 0 Å². The number of hydrogen-bond acceptors (Lipinski definition) is 4. The van der Waals surface area contributed by atoms with Gasteiger partial charge in [0.05, 0.1) is 14.3 Å². The Morgan fingerprint density at radius 3 is 2.24 bits per heavy atom. The van der Waals surface area contributed by atoms with Crippen molar-refractivity contribution < 1.29 is 24.2 Å². The lowest BCUT2D eigenvalue weighted by atomic mass is 10.2. The third-order valence-corrected chi connectivity index (χ3v) is 3.41. The first-order valence-corrected chi connectivity index (χ1v) is 6.53. The summed E-state index contributed by atoms with van der Waals surface area (Å²) < 4.78 is 11.5. The van der Waals surface area contributed by atoms with Gasteiger partial charge in [-0.25, -0.2) is 9.59 Å². The zero-order valence-corrected chi connectivity index (χ0v) is 13.0. The van der Waals surface area contributed by atoms with Gasteiger partial charge in [0.15, 0.2) is 0 Å². The van der Waals surface area contributed by atoms with Crippen molar-refractivity contribution >= 4 is 57.1 Å². The van der Waals surface area contributed by atoms with E-state index < -0.39 is 11.9 Å². The molecule has 0 amide bonds. The second-order valence-corrected chi connectivity index (χ2v) is 5.30. The van der Waals surface area contributed by atoms with E-state index in [1.165, 1.54) is 0 Å². The van der Waals surface area contributed by atoms with E-state index in [9.17, 15) is 9.59 Å². The second-order valence-electron chi connectivity index (χ2n) is 2.97. The third-order valence-electron chi connectivity index (χ3n) is 1.81. The summed E-state index contributed by atoms with van der Waals surface area (Å²) in [6.45, 7) is -0.0683. The number of hydrogen-bond donors (Lipinski definition) is 1. The van der Waals surface area contributed by atoms with E-state index in [4.69, 9.17) is 9.84 Å². The van der Waals surface area contributed by atoms with Crippen molar-refractivity contribution in [3.63, 3.8) is 0 Å². The Morgan fingerprint density at radius 2 is 1.82 bits per heavy atom. The van der Waals surface area contributed by atoms with Crippen LogP contribution in [0.5, 0.6) is 5.75 Å². The van der Waals surface area contributed by atoms with Crippen LogP contribution in [0.4, 0.5) is 0 Å². The fourth-order valence-electron chi connectivity index (χ4n) is 1.10. The molecule has 1 aromatic rings. The van der Waals surface area contributed by atoms with Gasteiger partial charge in [0.25, 0.3) is 0 Å². The van der Waals surface area contributed by atoms with Crippen LogP contribution in [0.25, 0.3) is 0 Å². The average molecular weight is 462 g/mol. The summed E-state index contributed by atoms with van der Waals surface area (Å²) >= 11 is 4.19. The van der Waals surface area contributed by atoms with Gasteiger partial charge in [0.1, 0.15) is 12.4 Å². The first-order valence-electron chi connectivity index (χ1n) is 4.37. The van der Waals surface area contributed by atoms with Gasteiger partial charge in [-0.15, -0.1) is 0 Å². The highest BCUT2D eigenvalue weighted by molar-refractivity contribution is 14.1. The Balaban J connectivity index is 2.80. The number of carboxylic acids is 1. The number of benzene rings is 1. The van der Waals surface area contributed by atoms with Gasteiger partial charge < -0.3 is 14.6 Å². The topological polar surface area (TPSA) is 72.8 Å². The van der Waals surface area contributed by atoms with Crippen molar-refractivity contribution in [1.29, 1.82) is 0 Å². The van der Waals surface area contributed by atoms with E-state index in [0.717, 1.165) is 12.9 Å². The summed E-state index contributed by atoms with van der Waals surface area (Å²) in [5.41, 5.74) is 0.717. The SMILES string of the molecule is COc1c(I)cc(COC(=O)C(=O)O)cc1I. The van der Waals surface area contributed by atoms with E-state index in [1.54, 1.807) is 19.2 Å². The zero-order chi connectivity index (χ0) is 13.0. The lowest BCUT2D eigenvalue weighted by Gasteiger charge is -2.09. The number of carbonyl (C=O) groups is 2. The molecule has 1 rings (SSSR count). The predicted molar refractivity (Wildman–Crippen MR) is 75.9 cm³/mol. The monoisotopic (exact) mass is 462 g/mol. The van der Waals surface area contributed by atoms with Gasteiger partial charge in [-0.1, -0.05) is 0 Å². The molecule has 1 aromatic carbocycles. The largest absolute Gasteiger partial charge is 0.495 e. The highest BCUT2D eigenvalue weighted by Gasteiger charge is 2.14. The van der Waals surface area contributed by atoms with Crippen LogP contribution in [0.15, 0.2) is 12.1 Å². The highest BCUT2D eigenvalue weighted by Crippen LogP contribution is 2.28. The first-order chi connectivity index (χ1) is 7.95. The molecule has 1 N–H and O–H groups in total. The number of esters is 1. The molecule has 0 heterocycles. The van der Waals surface area contributed by atoms with E-state index in [2.05, 4.69) is 49.9 Å². The van der Waals surface area contributed by atoms with Crippen LogP contribution >= 0.6 is 45.2 Å². The Hall–Kier alpha value is -0.580. The average Bonchev–Trinajstić information content (AvgIpc) is 2.25. The molecule has 0 aliphatic carbocycles. The predicted octanol–water partition coefficient (Wildman–Crippen LogP) is 2.03. The molecule has 0 aliphatic rings. The molecule has 0 aromatic heterocycles. The maximum Gasteiger partial charge on any atom is 0.417 e. The molecule has 5 nitrogen and oxygen atoms in total. The molecule has 0 aliphatic heterocycles. The molecule has 0 bridgehead atoms. The van der Waals surface area contributed by atoms with E-state index >= 15 is 0 Å². The molecule has 0 saturated carbocycles. The Labute approximate surface area is 125 Å². The second kappa shape index (κ2) is 6.38. The van der Waals surface area contributed by atoms with Gasteiger partial charge >= 0.3 is 11.9 Å². The van der Waals surface area contributed by atoms with Crippen molar-refractivity contribution in [3.8, 4) is 5.75 Å². The van der Waals surface area contributed by atoms with Crippen LogP contribution in [0.2, 0.25) is 0 Å². The minimum absolute atomic E-state index is 0.0683. The number of carbonyl (C=O) groups excluding carboxylic acids is 1. The quantitative estimate of drug-likeness (QED) is 0.423. The van der Waals surface area contributed by atoms with Crippen LogP contribution in [0.3, 0.4) is 0 Å². The molecule has 17 heavy (non-hydrogen) atoms. The summed E-state index contributed by atoms with van der Waals surface area (Å²) in [7, 11) is 1.57. The summed E-state index contributed by atoms with van der Waals surface area (Å²) in [6, 6.07) is 3.55. The van der Waals surface area contributed by atoms with E-state index in [1.807, 2.05) is 0 Å². The lowest BCUT2D eigenvalue weighted by molar-refractivity contribution is -0.164. The number of carboxylic acid groups (broad SMARTS) is 1. The smallest absolute Gasteiger partial charge is 0.417 e. The summed E-state index contributed by atoms with van der Waals surface area (Å²) in [5, 5.41) is 8.35. The number of ether oxygens (including phenoxy) is 2. The summed E-state index contributed by atoms with van der Waals surface area (Å²) in [4.78, 5) is 21.0. The molecule has 0 atom stereocenters. The molecule has 0 saturated heterocycles. The van der Waals surface area contributed by atoms with Crippen LogP contribution in [-0.2, 0) is 20.9 Å². The van der Waals surface area contributed by atoms with Gasteiger partial charge in [-0.05, 0) is 62.9 Å². The molecule has 0 spiro atoms. The summed E-state index contributed by atoms with van der Waals surface area (Å²) in [6.07, 6.45) is 0. The lowest BCUT2D eigenvalue weighted by Crippen LogP contribution is -2.16. The molecule has 7 heteroatoms. The molecule has 0 fully saturated rings. The third kappa shape index (κ3) is 3.98. The Bertz CT molecular complexity index is 435.